The first-order valence-electron chi connectivity index (χ1n) is 6.95. The van der Waals surface area contributed by atoms with Gasteiger partial charge in [0.2, 0.25) is 5.91 Å². The molecule has 1 aliphatic rings. The second kappa shape index (κ2) is 5.33. The summed E-state index contributed by atoms with van der Waals surface area (Å²) in [6.07, 6.45) is 1.57. The van der Waals surface area contributed by atoms with Crippen molar-refractivity contribution in [1.29, 1.82) is 0 Å². The van der Waals surface area contributed by atoms with E-state index in [0.29, 0.717) is 18.7 Å². The van der Waals surface area contributed by atoms with E-state index in [1.54, 1.807) is 24.3 Å². The van der Waals surface area contributed by atoms with E-state index in [-0.39, 0.29) is 22.4 Å². The summed E-state index contributed by atoms with van der Waals surface area (Å²) in [5.41, 5.74) is 0.345. The largest absolute Gasteiger partial charge is 0.379 e. The normalized spacial score (nSPS) is 19.9. The van der Waals surface area contributed by atoms with Gasteiger partial charge in [-0.2, -0.15) is 0 Å². The van der Waals surface area contributed by atoms with Gasteiger partial charge < -0.3 is 10.2 Å². The van der Waals surface area contributed by atoms with Crippen LogP contribution in [0.5, 0.6) is 0 Å². The van der Waals surface area contributed by atoms with Crippen molar-refractivity contribution in [1.82, 2.24) is 4.90 Å². The number of likely N-dealkylation sites (tertiary alicyclic amines) is 1. The SMILES string of the molecule is CC(C)(C)N1CC(Nc2ccccc2S(C)(=O)=O)CC1=O. The Kier molecular flexibility index (Phi) is 4.02. The van der Waals surface area contributed by atoms with E-state index in [1.807, 2.05) is 25.7 Å². The molecular weight excluding hydrogens is 288 g/mol. The quantitative estimate of drug-likeness (QED) is 0.926. The van der Waals surface area contributed by atoms with Gasteiger partial charge in [0.1, 0.15) is 0 Å². The van der Waals surface area contributed by atoms with Gasteiger partial charge in [-0.3, -0.25) is 4.79 Å². The first-order chi connectivity index (χ1) is 9.59. The Morgan fingerprint density at radius 2 is 1.86 bits per heavy atom. The molecule has 0 bridgehead atoms. The highest BCUT2D eigenvalue weighted by molar-refractivity contribution is 7.90. The molecule has 1 amide bonds. The molecule has 1 atom stereocenters. The van der Waals surface area contributed by atoms with Crippen LogP contribution in [-0.2, 0) is 14.6 Å². The predicted octanol–water partition coefficient (Wildman–Crippen LogP) is 1.90. The average molecular weight is 310 g/mol. The highest BCUT2D eigenvalue weighted by Crippen LogP contribution is 2.27. The minimum Gasteiger partial charge on any atom is -0.379 e. The lowest BCUT2D eigenvalue weighted by atomic mass is 10.1. The number of para-hydroxylation sites is 1. The van der Waals surface area contributed by atoms with Crippen LogP contribution in [0.4, 0.5) is 5.69 Å². The molecule has 1 fully saturated rings. The topological polar surface area (TPSA) is 66.5 Å². The molecule has 1 unspecified atom stereocenters. The van der Waals surface area contributed by atoms with Crippen molar-refractivity contribution in [3.05, 3.63) is 24.3 Å². The number of hydrogen-bond donors (Lipinski definition) is 1. The van der Waals surface area contributed by atoms with Gasteiger partial charge in [-0.1, -0.05) is 12.1 Å². The zero-order valence-electron chi connectivity index (χ0n) is 12.9. The summed E-state index contributed by atoms with van der Waals surface area (Å²) < 4.78 is 23.6. The maximum absolute atomic E-state index is 12.1. The van der Waals surface area contributed by atoms with Crippen molar-refractivity contribution in [3.8, 4) is 0 Å². The number of carbonyl (C=O) groups excluding carboxylic acids is 1. The van der Waals surface area contributed by atoms with Crippen molar-refractivity contribution >= 4 is 21.4 Å². The summed E-state index contributed by atoms with van der Waals surface area (Å²) in [5, 5.41) is 3.21. The van der Waals surface area contributed by atoms with Gasteiger partial charge in [-0.25, -0.2) is 8.42 Å². The molecule has 1 aliphatic heterocycles. The fourth-order valence-electron chi connectivity index (χ4n) is 2.58. The summed E-state index contributed by atoms with van der Waals surface area (Å²) in [4.78, 5) is 14.2. The summed E-state index contributed by atoms with van der Waals surface area (Å²) in [7, 11) is -3.29. The van der Waals surface area contributed by atoms with E-state index in [2.05, 4.69) is 5.32 Å². The lowest BCUT2D eigenvalue weighted by Crippen LogP contribution is -2.43. The number of benzene rings is 1. The van der Waals surface area contributed by atoms with Crippen LogP contribution in [0.3, 0.4) is 0 Å². The molecule has 1 aromatic rings. The number of amides is 1. The number of hydrogen-bond acceptors (Lipinski definition) is 4. The standard InChI is InChI=1S/C15H22N2O3S/c1-15(2,3)17-10-11(9-14(17)18)16-12-7-5-6-8-13(12)21(4,19)20/h5-8,11,16H,9-10H2,1-4H3. The first-order valence-corrected chi connectivity index (χ1v) is 8.84. The van der Waals surface area contributed by atoms with Gasteiger partial charge in [0.15, 0.2) is 9.84 Å². The molecule has 0 saturated carbocycles. The molecule has 21 heavy (non-hydrogen) atoms. The zero-order chi connectivity index (χ0) is 15.8. The Bertz CT molecular complexity index is 647. The molecule has 0 aromatic heterocycles. The van der Waals surface area contributed by atoms with Crippen molar-refractivity contribution in [2.75, 3.05) is 18.1 Å². The molecular formula is C15H22N2O3S. The van der Waals surface area contributed by atoms with Crippen molar-refractivity contribution < 1.29 is 13.2 Å². The third-order valence-electron chi connectivity index (χ3n) is 3.58. The number of rotatable bonds is 3. The molecule has 2 rings (SSSR count). The smallest absolute Gasteiger partial charge is 0.225 e. The second-order valence-electron chi connectivity index (χ2n) is 6.49. The Morgan fingerprint density at radius 3 is 2.38 bits per heavy atom. The summed E-state index contributed by atoms with van der Waals surface area (Å²) in [5.74, 6) is 0.0943. The molecule has 5 nitrogen and oxygen atoms in total. The van der Waals surface area contributed by atoms with Crippen molar-refractivity contribution in [2.45, 2.75) is 43.7 Å². The molecule has 1 N–H and O–H groups in total. The fourth-order valence-corrected chi connectivity index (χ4v) is 3.43. The van der Waals surface area contributed by atoms with Crippen molar-refractivity contribution in [2.24, 2.45) is 0 Å². The van der Waals surface area contributed by atoms with Gasteiger partial charge >= 0.3 is 0 Å². The van der Waals surface area contributed by atoms with Crippen molar-refractivity contribution in [3.63, 3.8) is 0 Å². The van der Waals surface area contributed by atoms with Crippen LogP contribution in [0.2, 0.25) is 0 Å². The lowest BCUT2D eigenvalue weighted by Gasteiger charge is -2.32. The maximum Gasteiger partial charge on any atom is 0.225 e. The average Bonchev–Trinajstić information content (AvgIpc) is 2.69. The van der Waals surface area contributed by atoms with E-state index in [0.717, 1.165) is 0 Å². The van der Waals surface area contributed by atoms with Gasteiger partial charge in [0, 0.05) is 24.8 Å². The Morgan fingerprint density at radius 1 is 1.24 bits per heavy atom. The molecule has 0 spiro atoms. The highest BCUT2D eigenvalue weighted by atomic mass is 32.2. The van der Waals surface area contributed by atoms with E-state index in [1.165, 1.54) is 6.26 Å². The molecule has 1 saturated heterocycles. The second-order valence-corrected chi connectivity index (χ2v) is 8.47. The summed E-state index contributed by atoms with van der Waals surface area (Å²) in [6, 6.07) is 6.73. The minimum atomic E-state index is -3.29. The van der Waals surface area contributed by atoms with Gasteiger partial charge in [-0.15, -0.1) is 0 Å². The third kappa shape index (κ3) is 3.56. The monoisotopic (exact) mass is 310 g/mol. The first kappa shape index (κ1) is 15.8. The van der Waals surface area contributed by atoms with Crippen LogP contribution in [0.15, 0.2) is 29.2 Å². The number of nitrogens with one attached hydrogen (secondary N) is 1. The van der Waals surface area contributed by atoms with E-state index >= 15 is 0 Å². The molecule has 1 aromatic carbocycles. The molecule has 0 aliphatic carbocycles. The molecule has 6 heteroatoms. The van der Waals surface area contributed by atoms with Crippen LogP contribution in [0.1, 0.15) is 27.2 Å². The number of carbonyl (C=O) groups is 1. The van der Waals surface area contributed by atoms with Crippen LogP contribution >= 0.6 is 0 Å². The Labute approximate surface area is 126 Å². The molecule has 0 radical (unpaired) electrons. The van der Waals surface area contributed by atoms with E-state index < -0.39 is 9.84 Å². The van der Waals surface area contributed by atoms with Crippen LogP contribution in [0.25, 0.3) is 0 Å². The zero-order valence-corrected chi connectivity index (χ0v) is 13.7. The Hall–Kier alpha value is -1.56. The van der Waals surface area contributed by atoms with Gasteiger partial charge in [0.05, 0.1) is 16.6 Å². The number of sulfone groups is 1. The molecule has 1 heterocycles. The summed E-state index contributed by atoms with van der Waals surface area (Å²) >= 11 is 0. The van der Waals surface area contributed by atoms with Crippen LogP contribution in [-0.4, -0.2) is 43.6 Å². The van der Waals surface area contributed by atoms with E-state index in [4.69, 9.17) is 0 Å². The molecule has 116 valence electrons. The van der Waals surface area contributed by atoms with Gasteiger partial charge in [0.25, 0.3) is 0 Å². The van der Waals surface area contributed by atoms with Crippen LogP contribution < -0.4 is 5.32 Å². The third-order valence-corrected chi connectivity index (χ3v) is 4.74. The van der Waals surface area contributed by atoms with Crippen LogP contribution in [0, 0.1) is 0 Å². The lowest BCUT2D eigenvalue weighted by molar-refractivity contribution is -0.131. The fraction of sp³-hybridized carbons (Fsp3) is 0.533. The van der Waals surface area contributed by atoms with E-state index in [9.17, 15) is 13.2 Å². The maximum atomic E-state index is 12.1. The van der Waals surface area contributed by atoms with Gasteiger partial charge in [-0.05, 0) is 32.9 Å². The highest BCUT2D eigenvalue weighted by Gasteiger charge is 2.36. The minimum absolute atomic E-state index is 0.0698. The summed E-state index contributed by atoms with van der Waals surface area (Å²) in [6.45, 7) is 6.58. The number of anilines is 1. The Balaban J connectivity index is 2.20. The number of nitrogens with zero attached hydrogens (tertiary/aromatic N) is 1. The predicted molar refractivity (Wildman–Crippen MR) is 83.0 cm³/mol.